The van der Waals surface area contributed by atoms with Gasteiger partial charge in [-0.15, -0.1) is 0 Å². The van der Waals surface area contributed by atoms with Crippen LogP contribution >= 0.6 is 0 Å². The van der Waals surface area contributed by atoms with Crippen molar-refractivity contribution in [1.82, 2.24) is 0 Å². The molecule has 0 bridgehead atoms. The number of ether oxygens (including phenoxy) is 4. The summed E-state index contributed by atoms with van der Waals surface area (Å²) >= 11 is 0. The Balaban J connectivity index is 2.36. The number of hydrogen-bond acceptors (Lipinski definition) is 6. The summed E-state index contributed by atoms with van der Waals surface area (Å²) < 4.78 is 21.6. The second-order valence-corrected chi connectivity index (χ2v) is 6.80. The molecule has 2 aromatic rings. The van der Waals surface area contributed by atoms with E-state index in [1.807, 2.05) is 32.0 Å². The molecule has 0 unspecified atom stereocenters. The van der Waals surface area contributed by atoms with E-state index in [9.17, 15) is 4.79 Å². The van der Waals surface area contributed by atoms with Crippen LogP contribution < -0.4 is 14.2 Å². The van der Waals surface area contributed by atoms with Crippen LogP contribution in [0.3, 0.4) is 0 Å². The smallest absolute Gasteiger partial charge is 0.258 e. The highest BCUT2D eigenvalue weighted by Crippen LogP contribution is 2.41. The lowest BCUT2D eigenvalue weighted by molar-refractivity contribution is 0.103. The molecule has 0 N–H and O–H groups in total. The van der Waals surface area contributed by atoms with E-state index in [0.717, 1.165) is 5.56 Å². The number of ketones is 1. The van der Waals surface area contributed by atoms with E-state index in [1.165, 1.54) is 7.11 Å². The molecule has 0 aliphatic rings. The molecule has 0 spiro atoms. The van der Waals surface area contributed by atoms with Gasteiger partial charge in [-0.3, -0.25) is 4.79 Å². The molecule has 28 heavy (non-hydrogen) atoms. The Bertz CT molecular complexity index is 844. The Kier molecular flexibility index (Phi) is 7.04. The number of rotatable bonds is 8. The first kappa shape index (κ1) is 21.3. The molecule has 150 valence electrons. The average molecular weight is 385 g/mol. The summed E-state index contributed by atoms with van der Waals surface area (Å²) in [6, 6.07) is 12.7. The molecule has 0 fully saturated rings. The van der Waals surface area contributed by atoms with Crippen LogP contribution in [0.1, 0.15) is 29.8 Å². The van der Waals surface area contributed by atoms with Crippen molar-refractivity contribution in [3.63, 3.8) is 0 Å². The average Bonchev–Trinajstić information content (AvgIpc) is 2.71. The van der Waals surface area contributed by atoms with Crippen LogP contribution in [0.25, 0.3) is 0 Å². The minimum atomic E-state index is -0.622. The van der Waals surface area contributed by atoms with Crippen LogP contribution in [0.5, 0.6) is 17.2 Å². The van der Waals surface area contributed by atoms with Crippen molar-refractivity contribution < 1.29 is 23.7 Å². The third-order valence-electron chi connectivity index (χ3n) is 4.24. The molecule has 0 radical (unpaired) electrons. The van der Waals surface area contributed by atoms with Gasteiger partial charge in [0, 0.05) is 17.5 Å². The number of aliphatic imine (C=N–C) groups is 1. The molecule has 0 aliphatic heterocycles. The molecular formula is C22H27NO5. The zero-order valence-electron chi connectivity index (χ0n) is 17.2. The van der Waals surface area contributed by atoms with Gasteiger partial charge in [-0.25, -0.2) is 4.99 Å². The van der Waals surface area contributed by atoms with Crippen molar-refractivity contribution >= 4 is 11.7 Å². The Morgan fingerprint density at radius 3 is 2.07 bits per heavy atom. The van der Waals surface area contributed by atoms with E-state index >= 15 is 0 Å². The summed E-state index contributed by atoms with van der Waals surface area (Å²) in [5.74, 6) is 1.50. The van der Waals surface area contributed by atoms with Gasteiger partial charge in [-0.05, 0) is 19.9 Å². The number of carbonyl (C=O) groups excluding carboxylic acids is 1. The van der Waals surface area contributed by atoms with Gasteiger partial charge in [0.05, 0.1) is 34.0 Å². The van der Waals surface area contributed by atoms with Crippen LogP contribution in [-0.4, -0.2) is 45.7 Å². The quantitative estimate of drug-likeness (QED) is 0.391. The molecule has 6 heteroatoms. The summed E-state index contributed by atoms with van der Waals surface area (Å²) in [6.45, 7) is 3.86. The first-order valence-corrected chi connectivity index (χ1v) is 8.88. The third-order valence-corrected chi connectivity index (χ3v) is 4.24. The number of benzene rings is 2. The van der Waals surface area contributed by atoms with Gasteiger partial charge >= 0.3 is 0 Å². The Hall–Kier alpha value is -3.02. The van der Waals surface area contributed by atoms with E-state index in [1.54, 1.807) is 45.6 Å². The minimum absolute atomic E-state index is 0.0654. The van der Waals surface area contributed by atoms with Crippen molar-refractivity contribution in [2.24, 2.45) is 4.99 Å². The van der Waals surface area contributed by atoms with Gasteiger partial charge in [0.2, 0.25) is 11.5 Å². The predicted molar refractivity (Wildman–Crippen MR) is 109 cm³/mol. The largest absolute Gasteiger partial charge is 0.493 e. The molecule has 6 nitrogen and oxygen atoms in total. The molecule has 0 aromatic heterocycles. The van der Waals surface area contributed by atoms with Gasteiger partial charge in [0.15, 0.2) is 11.5 Å². The van der Waals surface area contributed by atoms with Gasteiger partial charge in [-0.1, -0.05) is 36.4 Å². The second kappa shape index (κ2) is 9.26. The van der Waals surface area contributed by atoms with Crippen molar-refractivity contribution in [2.75, 3.05) is 28.4 Å². The van der Waals surface area contributed by atoms with Gasteiger partial charge in [-0.2, -0.15) is 0 Å². The molecule has 0 amide bonds. The van der Waals surface area contributed by atoms with Crippen LogP contribution in [0.15, 0.2) is 47.5 Å². The summed E-state index contributed by atoms with van der Waals surface area (Å²) in [6.07, 6.45) is 0.505. The maximum Gasteiger partial charge on any atom is 0.258 e. The first-order valence-electron chi connectivity index (χ1n) is 8.88. The monoisotopic (exact) mass is 385 g/mol. The molecule has 0 saturated carbocycles. The van der Waals surface area contributed by atoms with Gasteiger partial charge in [0.25, 0.3) is 5.90 Å². The first-order chi connectivity index (χ1) is 13.4. The van der Waals surface area contributed by atoms with Crippen LogP contribution in [-0.2, 0) is 11.2 Å². The molecule has 0 atom stereocenters. The van der Waals surface area contributed by atoms with Crippen LogP contribution in [0.4, 0.5) is 0 Å². The highest BCUT2D eigenvalue weighted by atomic mass is 16.5. The number of nitrogens with zero attached hydrogens (tertiary/aromatic N) is 1. The Labute approximate surface area is 166 Å². The molecule has 2 aromatic carbocycles. The normalized spacial score (nSPS) is 11.7. The Morgan fingerprint density at radius 1 is 0.893 bits per heavy atom. The zero-order valence-corrected chi connectivity index (χ0v) is 17.2. The van der Waals surface area contributed by atoms with E-state index in [-0.39, 0.29) is 11.7 Å². The van der Waals surface area contributed by atoms with Crippen LogP contribution in [0, 0.1) is 0 Å². The lowest BCUT2D eigenvalue weighted by Crippen LogP contribution is -2.27. The number of Topliss-reactive ketones (excluding diaryl/α,β-unsaturated/α-hetero) is 1. The number of carbonyl (C=O) groups is 1. The van der Waals surface area contributed by atoms with E-state index < -0.39 is 5.54 Å². The minimum Gasteiger partial charge on any atom is -0.493 e. The molecular weight excluding hydrogens is 358 g/mol. The topological polar surface area (TPSA) is 66.3 Å². The van der Waals surface area contributed by atoms with Crippen molar-refractivity contribution in [1.29, 1.82) is 0 Å². The third kappa shape index (κ3) is 4.82. The fourth-order valence-electron chi connectivity index (χ4n) is 2.99. The van der Waals surface area contributed by atoms with Crippen LogP contribution in [0.2, 0.25) is 0 Å². The number of hydrogen-bond donors (Lipinski definition) is 0. The highest BCUT2D eigenvalue weighted by Gasteiger charge is 2.26. The Morgan fingerprint density at radius 2 is 1.54 bits per heavy atom. The standard InChI is InChI=1S/C22H27NO5/c1-22(2,23-21(28-6)18(24)15-10-8-7-9-11-15)14-16-12-13-17(25-3)20(27-5)19(16)26-4/h7-13H,14H2,1-6H3. The second-order valence-electron chi connectivity index (χ2n) is 6.80. The zero-order chi connectivity index (χ0) is 20.7. The van der Waals surface area contributed by atoms with Gasteiger partial charge < -0.3 is 18.9 Å². The number of methoxy groups -OCH3 is 4. The molecule has 2 rings (SSSR count). The van der Waals surface area contributed by atoms with Gasteiger partial charge in [0.1, 0.15) is 0 Å². The maximum absolute atomic E-state index is 12.7. The van der Waals surface area contributed by atoms with Crippen molar-refractivity contribution in [2.45, 2.75) is 25.8 Å². The SMILES string of the molecule is COC(=NC(C)(C)Cc1ccc(OC)c(OC)c1OC)C(=O)c1ccccc1. The summed E-state index contributed by atoms with van der Waals surface area (Å²) in [5, 5.41) is 0. The van der Waals surface area contributed by atoms with Crippen molar-refractivity contribution in [3.05, 3.63) is 53.6 Å². The maximum atomic E-state index is 12.7. The van der Waals surface area contributed by atoms with E-state index in [2.05, 4.69) is 4.99 Å². The molecule has 0 aliphatic carbocycles. The van der Waals surface area contributed by atoms with Crippen molar-refractivity contribution in [3.8, 4) is 17.2 Å². The van der Waals surface area contributed by atoms with E-state index in [0.29, 0.717) is 29.2 Å². The fraction of sp³-hybridized carbons (Fsp3) is 0.364. The lowest BCUT2D eigenvalue weighted by Gasteiger charge is -2.23. The summed E-state index contributed by atoms with van der Waals surface area (Å²) in [5.41, 5.74) is 0.793. The summed E-state index contributed by atoms with van der Waals surface area (Å²) in [7, 11) is 6.17. The molecule has 0 saturated heterocycles. The summed E-state index contributed by atoms with van der Waals surface area (Å²) in [4.78, 5) is 17.3. The van der Waals surface area contributed by atoms with E-state index in [4.69, 9.17) is 18.9 Å². The molecule has 0 heterocycles. The fourth-order valence-corrected chi connectivity index (χ4v) is 2.99. The lowest BCUT2D eigenvalue weighted by atomic mass is 9.94. The predicted octanol–water partition coefficient (Wildman–Crippen LogP) is 3.96. The highest BCUT2D eigenvalue weighted by molar-refractivity contribution is 6.42.